The SMILES string of the molecule is CCOC(=O)C1CC(=O)C=CN1c1ccc(F)cc1C.FB(F)F. The lowest BCUT2D eigenvalue weighted by Gasteiger charge is -2.32. The van der Waals surface area contributed by atoms with Gasteiger partial charge in [-0.2, -0.15) is 0 Å². The number of anilines is 1. The van der Waals surface area contributed by atoms with Crippen LogP contribution in [0.4, 0.5) is 23.0 Å². The fourth-order valence-electron chi connectivity index (χ4n) is 2.22. The van der Waals surface area contributed by atoms with Crippen molar-refractivity contribution >= 4 is 25.0 Å². The minimum atomic E-state index is -3.67. The van der Waals surface area contributed by atoms with Gasteiger partial charge in [0.2, 0.25) is 0 Å². The van der Waals surface area contributed by atoms with E-state index in [-0.39, 0.29) is 24.6 Å². The fourth-order valence-corrected chi connectivity index (χ4v) is 2.22. The third-order valence-corrected chi connectivity index (χ3v) is 3.15. The van der Waals surface area contributed by atoms with Gasteiger partial charge in [0, 0.05) is 18.3 Å². The number of aryl methyl sites for hydroxylation is 1. The summed E-state index contributed by atoms with van der Waals surface area (Å²) < 4.78 is 47.2. The molecule has 1 unspecified atom stereocenters. The number of halogens is 4. The van der Waals surface area contributed by atoms with E-state index in [0.717, 1.165) is 0 Å². The average molecular weight is 345 g/mol. The number of allylic oxidation sites excluding steroid dienone is 1. The van der Waals surface area contributed by atoms with Gasteiger partial charge in [0.05, 0.1) is 6.61 Å². The van der Waals surface area contributed by atoms with E-state index < -0.39 is 19.6 Å². The number of hydrogen-bond acceptors (Lipinski definition) is 4. The Morgan fingerprint density at radius 3 is 2.54 bits per heavy atom. The summed E-state index contributed by atoms with van der Waals surface area (Å²) in [7, 11) is -3.67. The van der Waals surface area contributed by atoms with Crippen LogP contribution in [0.15, 0.2) is 30.5 Å². The van der Waals surface area contributed by atoms with Gasteiger partial charge >= 0.3 is 13.5 Å². The standard InChI is InChI=1S/C15H16FNO3.BF3/c1-3-20-15(19)14-9-12(18)6-7-17(14)13-5-4-11(16)8-10(13)2;2-1(3)4/h4-8,14H,3,9H2,1-2H3;. The van der Waals surface area contributed by atoms with E-state index in [1.165, 1.54) is 18.2 Å². The highest BCUT2D eigenvalue weighted by atomic mass is 19.4. The molecule has 1 aromatic carbocycles. The molecule has 130 valence electrons. The van der Waals surface area contributed by atoms with Crippen molar-refractivity contribution in [2.45, 2.75) is 26.3 Å². The van der Waals surface area contributed by atoms with E-state index in [4.69, 9.17) is 4.74 Å². The molecule has 9 heteroatoms. The Morgan fingerprint density at radius 1 is 1.38 bits per heavy atom. The quantitative estimate of drug-likeness (QED) is 0.479. The molecule has 0 amide bonds. The van der Waals surface area contributed by atoms with Crippen LogP contribution < -0.4 is 4.90 Å². The van der Waals surface area contributed by atoms with E-state index in [2.05, 4.69) is 0 Å². The molecular formula is C15H16BF4NO3. The van der Waals surface area contributed by atoms with E-state index in [9.17, 15) is 26.9 Å². The highest BCUT2D eigenvalue weighted by Gasteiger charge is 2.31. The smallest absolute Gasteiger partial charge is 0.464 e. The zero-order valence-corrected chi connectivity index (χ0v) is 13.1. The van der Waals surface area contributed by atoms with Gasteiger partial charge in [-0.1, -0.05) is 0 Å². The first-order chi connectivity index (χ1) is 11.3. The van der Waals surface area contributed by atoms with Crippen molar-refractivity contribution in [3.8, 4) is 0 Å². The predicted molar refractivity (Wildman–Crippen MR) is 81.9 cm³/mol. The van der Waals surface area contributed by atoms with Crippen molar-refractivity contribution in [3.63, 3.8) is 0 Å². The first kappa shape index (κ1) is 19.7. The number of nitrogens with zero attached hydrogens (tertiary/aromatic N) is 1. The Hall–Kier alpha value is -2.32. The highest BCUT2D eigenvalue weighted by Crippen LogP contribution is 2.27. The Bertz CT molecular complexity index is 622. The third-order valence-electron chi connectivity index (χ3n) is 3.15. The average Bonchev–Trinajstić information content (AvgIpc) is 2.47. The molecule has 0 N–H and O–H groups in total. The summed E-state index contributed by atoms with van der Waals surface area (Å²) in [4.78, 5) is 25.2. The van der Waals surface area contributed by atoms with Gasteiger partial charge in [-0.15, -0.1) is 0 Å². The summed E-state index contributed by atoms with van der Waals surface area (Å²) in [6.07, 6.45) is 3.03. The first-order valence-corrected chi connectivity index (χ1v) is 7.10. The number of benzene rings is 1. The van der Waals surface area contributed by atoms with Crippen LogP contribution >= 0.6 is 0 Å². The number of rotatable bonds is 3. The molecule has 1 aliphatic rings. The van der Waals surface area contributed by atoms with Crippen molar-refractivity contribution in [2.75, 3.05) is 11.5 Å². The molecule has 0 saturated heterocycles. The lowest BCUT2D eigenvalue weighted by atomic mass is 10.0. The van der Waals surface area contributed by atoms with Gasteiger partial charge in [-0.05, 0) is 43.7 Å². The second-order valence-electron chi connectivity index (χ2n) is 4.84. The van der Waals surface area contributed by atoms with Crippen molar-refractivity contribution in [2.24, 2.45) is 0 Å². The minimum absolute atomic E-state index is 0.0617. The molecule has 0 aliphatic carbocycles. The van der Waals surface area contributed by atoms with Crippen LogP contribution in [0.25, 0.3) is 0 Å². The maximum atomic E-state index is 13.2. The Balaban J connectivity index is 0.000000648. The minimum Gasteiger partial charge on any atom is -0.464 e. The molecule has 0 radical (unpaired) electrons. The maximum Gasteiger partial charge on any atom is 0.762 e. The summed E-state index contributed by atoms with van der Waals surface area (Å²) in [5, 5.41) is 0. The van der Waals surface area contributed by atoms with Gasteiger partial charge < -0.3 is 9.64 Å². The van der Waals surface area contributed by atoms with Gasteiger partial charge in [-0.3, -0.25) is 17.7 Å². The zero-order chi connectivity index (χ0) is 18.3. The molecule has 4 nitrogen and oxygen atoms in total. The lowest BCUT2D eigenvalue weighted by molar-refractivity contribution is -0.145. The Kier molecular flexibility index (Phi) is 7.48. The topological polar surface area (TPSA) is 46.6 Å². The van der Waals surface area contributed by atoms with Crippen LogP contribution in [0.3, 0.4) is 0 Å². The van der Waals surface area contributed by atoms with Gasteiger partial charge in [0.15, 0.2) is 5.78 Å². The molecule has 0 saturated carbocycles. The van der Waals surface area contributed by atoms with E-state index in [1.54, 1.807) is 31.0 Å². The van der Waals surface area contributed by atoms with E-state index >= 15 is 0 Å². The Morgan fingerprint density at radius 2 is 2.00 bits per heavy atom. The number of carbonyl (C=O) groups is 2. The molecule has 1 atom stereocenters. The van der Waals surface area contributed by atoms with Gasteiger partial charge in [0.1, 0.15) is 11.9 Å². The summed E-state index contributed by atoms with van der Waals surface area (Å²) in [5.41, 5.74) is 1.38. The van der Waals surface area contributed by atoms with Crippen molar-refractivity contribution in [3.05, 3.63) is 41.9 Å². The molecule has 2 rings (SSSR count). The van der Waals surface area contributed by atoms with Crippen LogP contribution in [-0.2, 0) is 14.3 Å². The molecule has 0 fully saturated rings. The second-order valence-corrected chi connectivity index (χ2v) is 4.84. The monoisotopic (exact) mass is 345 g/mol. The van der Waals surface area contributed by atoms with Gasteiger partial charge in [-0.25, -0.2) is 9.18 Å². The molecule has 1 aromatic rings. The lowest BCUT2D eigenvalue weighted by Crippen LogP contribution is -2.43. The van der Waals surface area contributed by atoms with E-state index in [1.807, 2.05) is 0 Å². The molecule has 0 bridgehead atoms. The maximum absolute atomic E-state index is 13.2. The second kappa shape index (κ2) is 9.10. The predicted octanol–water partition coefficient (Wildman–Crippen LogP) is 3.24. The first-order valence-electron chi connectivity index (χ1n) is 7.10. The van der Waals surface area contributed by atoms with Crippen LogP contribution in [0.5, 0.6) is 0 Å². The molecular weight excluding hydrogens is 329 g/mol. The van der Waals surface area contributed by atoms with Crippen LogP contribution in [0.1, 0.15) is 18.9 Å². The molecule has 0 spiro atoms. The third kappa shape index (κ3) is 5.71. The number of carbonyl (C=O) groups excluding carboxylic acids is 2. The normalized spacial score (nSPS) is 16.3. The van der Waals surface area contributed by atoms with Crippen LogP contribution in [-0.4, -0.2) is 31.9 Å². The number of hydrogen-bond donors (Lipinski definition) is 0. The summed E-state index contributed by atoms with van der Waals surface area (Å²) >= 11 is 0. The number of ketones is 1. The van der Waals surface area contributed by atoms with Gasteiger partial charge in [0.25, 0.3) is 0 Å². The summed E-state index contributed by atoms with van der Waals surface area (Å²) in [5.74, 6) is -0.913. The van der Waals surface area contributed by atoms with Crippen LogP contribution in [0.2, 0.25) is 0 Å². The van der Waals surface area contributed by atoms with E-state index in [0.29, 0.717) is 11.3 Å². The van der Waals surface area contributed by atoms with Crippen molar-refractivity contribution < 1.29 is 31.7 Å². The number of ether oxygens (including phenoxy) is 1. The summed E-state index contributed by atoms with van der Waals surface area (Å²) in [6, 6.07) is 3.62. The molecule has 1 aliphatic heterocycles. The molecule has 0 aromatic heterocycles. The van der Waals surface area contributed by atoms with Crippen LogP contribution in [0, 0.1) is 12.7 Å². The number of esters is 1. The zero-order valence-electron chi connectivity index (χ0n) is 13.1. The fraction of sp³-hybridized carbons (Fsp3) is 0.333. The molecule has 24 heavy (non-hydrogen) atoms. The molecule has 1 heterocycles. The highest BCUT2D eigenvalue weighted by molar-refractivity contribution is 6.33. The largest absolute Gasteiger partial charge is 0.762 e. The van der Waals surface area contributed by atoms with Crippen molar-refractivity contribution in [1.29, 1.82) is 0 Å². The Labute approximate surface area is 137 Å². The summed E-state index contributed by atoms with van der Waals surface area (Å²) in [6.45, 7) is 3.72. The van der Waals surface area contributed by atoms with Crippen molar-refractivity contribution in [1.82, 2.24) is 0 Å².